The Kier molecular flexibility index (Phi) is 7.79. The summed E-state index contributed by atoms with van der Waals surface area (Å²) in [5.41, 5.74) is 21.4. The van der Waals surface area contributed by atoms with Crippen molar-refractivity contribution in [2.24, 2.45) is 0 Å². The van der Waals surface area contributed by atoms with E-state index in [4.69, 9.17) is 18.8 Å². The number of hydrogen-bond donors (Lipinski definition) is 0. The predicted molar refractivity (Wildman–Crippen MR) is 232 cm³/mol. The van der Waals surface area contributed by atoms with Crippen LogP contribution in [0.4, 0.5) is 0 Å². The fraction of sp³-hybridized carbons (Fsp3) is 0.115. The van der Waals surface area contributed by atoms with Crippen LogP contribution in [-0.2, 0) is 0 Å². The summed E-state index contributed by atoms with van der Waals surface area (Å²) in [6, 6.07) is 43.6. The third kappa shape index (κ3) is 5.68. The van der Waals surface area contributed by atoms with Gasteiger partial charge in [0.15, 0.2) is 0 Å². The van der Waals surface area contributed by atoms with Crippen LogP contribution >= 0.6 is 0 Å². The molecular formula is C52H40N2O2. The minimum atomic E-state index is 0.820. The fourth-order valence-corrected chi connectivity index (χ4v) is 8.61. The van der Waals surface area contributed by atoms with Gasteiger partial charge in [-0.3, -0.25) is 9.97 Å². The fourth-order valence-electron chi connectivity index (χ4n) is 8.61. The Morgan fingerprint density at radius 3 is 1.12 bits per heavy atom. The summed E-state index contributed by atoms with van der Waals surface area (Å²) in [5.74, 6) is 0. The number of hydrogen-bond acceptors (Lipinski definition) is 4. The summed E-state index contributed by atoms with van der Waals surface area (Å²) in [4.78, 5) is 9.59. The van der Waals surface area contributed by atoms with Gasteiger partial charge in [-0.2, -0.15) is 0 Å². The normalized spacial score (nSPS) is 11.8. The molecule has 0 amide bonds. The monoisotopic (exact) mass is 724 g/mol. The first kappa shape index (κ1) is 33.8. The average molecular weight is 725 g/mol. The molecule has 4 heteroatoms. The number of aryl methyl sites for hydroxylation is 6. The Balaban J connectivity index is 1.01. The lowest BCUT2D eigenvalue weighted by Gasteiger charge is -2.10. The van der Waals surface area contributed by atoms with Crippen LogP contribution in [0.2, 0.25) is 0 Å². The Bertz CT molecular complexity index is 3000. The second kappa shape index (κ2) is 12.9. The van der Waals surface area contributed by atoms with Crippen molar-refractivity contribution in [3.8, 4) is 55.9 Å². The topological polar surface area (TPSA) is 52.1 Å². The van der Waals surface area contributed by atoms with Gasteiger partial charge in [-0.25, -0.2) is 0 Å². The van der Waals surface area contributed by atoms with Crippen LogP contribution in [-0.4, -0.2) is 9.97 Å². The first-order chi connectivity index (χ1) is 27.2. The highest BCUT2D eigenvalue weighted by Gasteiger charge is 2.18. The number of fused-ring (bicyclic) bond motifs is 6. The largest absolute Gasteiger partial charge is 0.455 e. The van der Waals surface area contributed by atoms with Crippen LogP contribution in [0.25, 0.3) is 99.8 Å². The maximum atomic E-state index is 6.60. The third-order valence-corrected chi connectivity index (χ3v) is 11.1. The summed E-state index contributed by atoms with van der Waals surface area (Å²) in [6.07, 6.45) is 3.75. The molecule has 6 aromatic carbocycles. The molecular weight excluding hydrogens is 685 g/mol. The van der Waals surface area contributed by atoms with E-state index in [1.807, 2.05) is 12.4 Å². The molecule has 4 aromatic heterocycles. The molecule has 0 unspecified atom stereocenters. The molecule has 56 heavy (non-hydrogen) atoms. The van der Waals surface area contributed by atoms with Gasteiger partial charge in [-0.15, -0.1) is 0 Å². The Hall–Kier alpha value is -6.78. The lowest BCUT2D eigenvalue weighted by Crippen LogP contribution is -1.90. The van der Waals surface area contributed by atoms with Gasteiger partial charge in [0.1, 0.15) is 22.3 Å². The van der Waals surface area contributed by atoms with Crippen molar-refractivity contribution >= 4 is 43.9 Å². The first-order valence-corrected chi connectivity index (χ1v) is 19.2. The molecule has 0 radical (unpaired) electrons. The number of aromatic nitrogens is 2. The van der Waals surface area contributed by atoms with Gasteiger partial charge in [0, 0.05) is 45.1 Å². The van der Waals surface area contributed by atoms with Crippen molar-refractivity contribution in [2.45, 2.75) is 41.5 Å². The van der Waals surface area contributed by atoms with Gasteiger partial charge in [0.05, 0.1) is 11.4 Å². The summed E-state index contributed by atoms with van der Waals surface area (Å²) in [5, 5.41) is 4.65. The molecule has 4 nitrogen and oxygen atoms in total. The number of nitrogens with zero attached hydrogens (tertiary/aromatic N) is 2. The van der Waals surface area contributed by atoms with Gasteiger partial charge in [0.25, 0.3) is 0 Å². The van der Waals surface area contributed by atoms with Crippen molar-refractivity contribution in [2.75, 3.05) is 0 Å². The van der Waals surface area contributed by atoms with Gasteiger partial charge in [-0.05, 0) is 181 Å². The summed E-state index contributed by atoms with van der Waals surface area (Å²) < 4.78 is 13.2. The van der Waals surface area contributed by atoms with Crippen LogP contribution in [0.1, 0.15) is 33.4 Å². The highest BCUT2D eigenvalue weighted by atomic mass is 16.3. The van der Waals surface area contributed by atoms with E-state index in [2.05, 4.69) is 163 Å². The number of rotatable bonds is 5. The van der Waals surface area contributed by atoms with E-state index in [1.54, 1.807) is 0 Å². The highest BCUT2D eigenvalue weighted by Crippen LogP contribution is 2.41. The minimum Gasteiger partial charge on any atom is -0.455 e. The zero-order valence-electron chi connectivity index (χ0n) is 32.4. The maximum absolute atomic E-state index is 6.60. The predicted octanol–water partition coefficient (Wildman–Crippen LogP) is 14.5. The second-order valence-corrected chi connectivity index (χ2v) is 15.5. The van der Waals surface area contributed by atoms with Crippen molar-refractivity contribution in [1.29, 1.82) is 0 Å². The molecule has 0 aliphatic heterocycles. The Labute approximate surface area is 326 Å². The molecule has 10 aromatic rings. The van der Waals surface area contributed by atoms with Crippen molar-refractivity contribution in [3.05, 3.63) is 167 Å². The van der Waals surface area contributed by atoms with Crippen LogP contribution in [0.5, 0.6) is 0 Å². The molecule has 0 atom stereocenters. The molecule has 0 aliphatic rings. The van der Waals surface area contributed by atoms with Crippen molar-refractivity contribution in [3.63, 3.8) is 0 Å². The van der Waals surface area contributed by atoms with Crippen LogP contribution in [0.3, 0.4) is 0 Å². The van der Waals surface area contributed by atoms with E-state index < -0.39 is 0 Å². The quantitative estimate of drug-likeness (QED) is 0.177. The lowest BCUT2D eigenvalue weighted by atomic mass is 9.95. The molecule has 0 N–H and O–H groups in total. The number of benzene rings is 6. The summed E-state index contributed by atoms with van der Waals surface area (Å²) in [6.45, 7) is 12.9. The third-order valence-electron chi connectivity index (χ3n) is 11.1. The van der Waals surface area contributed by atoms with E-state index in [-0.39, 0.29) is 0 Å². The van der Waals surface area contributed by atoms with Crippen LogP contribution in [0.15, 0.2) is 143 Å². The molecule has 270 valence electrons. The van der Waals surface area contributed by atoms with Crippen molar-refractivity contribution < 1.29 is 8.83 Å². The summed E-state index contributed by atoms with van der Waals surface area (Å²) in [7, 11) is 0. The zero-order valence-corrected chi connectivity index (χ0v) is 32.4. The molecule has 0 bridgehead atoms. The lowest BCUT2D eigenvalue weighted by molar-refractivity contribution is 0.666. The van der Waals surface area contributed by atoms with E-state index in [9.17, 15) is 0 Å². The molecule has 0 saturated carbocycles. The summed E-state index contributed by atoms with van der Waals surface area (Å²) >= 11 is 0. The Morgan fingerprint density at radius 2 is 0.696 bits per heavy atom. The van der Waals surface area contributed by atoms with E-state index in [0.29, 0.717) is 0 Å². The Morgan fingerprint density at radius 1 is 0.339 bits per heavy atom. The van der Waals surface area contributed by atoms with E-state index >= 15 is 0 Å². The SMILES string of the molecule is Cc1cc(C)c2oc3c(-c4cccc(-c5ccnc(-c6cc(-c7cccc(-c8cc(C)cc9c8oc8c(C)cc(C)cc89)c7)ccn6)c5)c4)cc(C)cc3c2c1. The smallest absolute Gasteiger partial charge is 0.143 e. The van der Waals surface area contributed by atoms with Gasteiger partial charge >= 0.3 is 0 Å². The highest BCUT2D eigenvalue weighted by molar-refractivity contribution is 6.12. The molecule has 0 saturated heterocycles. The standard InChI is InChI=1S/C52H40N2O2/c1-29-17-33(5)49-43(21-29)45-23-31(3)19-41(51(45)55-49)39-11-7-9-35(25-39)37-13-15-53-47(27-37)48-28-38(14-16-54-48)36-10-8-12-40(26-36)42-20-32(4)24-46-44-22-30(2)18-34(6)50(44)56-52(42)46/h7-28H,1-6H3. The minimum absolute atomic E-state index is 0.820. The molecule has 10 rings (SSSR count). The van der Waals surface area contributed by atoms with E-state index in [0.717, 1.165) is 100 Å². The van der Waals surface area contributed by atoms with E-state index in [1.165, 1.54) is 33.0 Å². The first-order valence-electron chi connectivity index (χ1n) is 19.2. The van der Waals surface area contributed by atoms with Gasteiger partial charge < -0.3 is 8.83 Å². The van der Waals surface area contributed by atoms with Gasteiger partial charge in [-0.1, -0.05) is 48.5 Å². The van der Waals surface area contributed by atoms with Gasteiger partial charge in [0.2, 0.25) is 0 Å². The number of pyridine rings is 2. The molecule has 0 aliphatic carbocycles. The van der Waals surface area contributed by atoms with Crippen LogP contribution < -0.4 is 0 Å². The molecule has 4 heterocycles. The maximum Gasteiger partial charge on any atom is 0.143 e. The molecule has 0 spiro atoms. The molecule has 0 fully saturated rings. The van der Waals surface area contributed by atoms with Crippen molar-refractivity contribution in [1.82, 2.24) is 9.97 Å². The second-order valence-electron chi connectivity index (χ2n) is 15.5. The average Bonchev–Trinajstić information content (AvgIpc) is 3.76. The zero-order chi connectivity index (χ0) is 38.2. The van der Waals surface area contributed by atoms with Crippen LogP contribution in [0, 0.1) is 41.5 Å². The number of furan rings is 2.